The summed E-state index contributed by atoms with van der Waals surface area (Å²) in [6, 6.07) is 0.658. The Morgan fingerprint density at radius 3 is 2.32 bits per heavy atom. The molecule has 1 heterocycles. The molecule has 4 nitrogen and oxygen atoms in total. The SMILES string of the molecule is CC1(C)CC(N(C(=O)OC(C)(C)C)[C@@H]2CCNC2)C1. The van der Waals surface area contributed by atoms with Crippen LogP contribution in [0.15, 0.2) is 0 Å². The Kier molecular flexibility index (Phi) is 3.83. The van der Waals surface area contributed by atoms with E-state index in [4.69, 9.17) is 4.74 Å². The molecule has 0 unspecified atom stereocenters. The lowest BCUT2D eigenvalue weighted by Crippen LogP contribution is -2.56. The fraction of sp³-hybridized carbons (Fsp3) is 0.933. The standard InChI is InChI=1S/C15H28N2O2/c1-14(2,3)19-13(18)17(11-6-7-16-10-11)12-8-15(4,5)9-12/h11-12,16H,6-10H2,1-5H3/t11-/m1/s1. The first-order valence-electron chi connectivity index (χ1n) is 7.40. The van der Waals surface area contributed by atoms with Gasteiger partial charge in [-0.2, -0.15) is 0 Å². The van der Waals surface area contributed by atoms with Crippen LogP contribution in [0.5, 0.6) is 0 Å². The molecule has 0 radical (unpaired) electrons. The Labute approximate surface area is 116 Å². The van der Waals surface area contributed by atoms with E-state index in [1.165, 1.54) is 0 Å². The average Bonchev–Trinajstić information content (AvgIpc) is 2.65. The van der Waals surface area contributed by atoms with Gasteiger partial charge >= 0.3 is 6.09 Å². The van der Waals surface area contributed by atoms with Gasteiger partial charge < -0.3 is 15.0 Å². The Bertz CT molecular complexity index is 333. The minimum Gasteiger partial charge on any atom is -0.444 e. The van der Waals surface area contributed by atoms with Crippen molar-refractivity contribution in [2.45, 2.75) is 71.6 Å². The highest BCUT2D eigenvalue weighted by Crippen LogP contribution is 2.44. The van der Waals surface area contributed by atoms with E-state index in [2.05, 4.69) is 19.2 Å². The van der Waals surface area contributed by atoms with Crippen molar-refractivity contribution in [1.29, 1.82) is 0 Å². The summed E-state index contributed by atoms with van der Waals surface area (Å²) >= 11 is 0. The van der Waals surface area contributed by atoms with Crippen molar-refractivity contribution in [3.63, 3.8) is 0 Å². The number of nitrogens with zero attached hydrogens (tertiary/aromatic N) is 1. The topological polar surface area (TPSA) is 41.6 Å². The van der Waals surface area contributed by atoms with Crippen molar-refractivity contribution < 1.29 is 9.53 Å². The number of nitrogens with one attached hydrogen (secondary N) is 1. The summed E-state index contributed by atoms with van der Waals surface area (Å²) in [7, 11) is 0. The van der Waals surface area contributed by atoms with E-state index in [1.807, 2.05) is 25.7 Å². The molecule has 1 aliphatic carbocycles. The molecule has 0 aromatic heterocycles. The first-order chi connectivity index (χ1) is 8.68. The molecule has 4 heteroatoms. The summed E-state index contributed by atoms with van der Waals surface area (Å²) in [5.74, 6) is 0. The average molecular weight is 268 g/mol. The fourth-order valence-electron chi connectivity index (χ4n) is 3.20. The molecule has 1 atom stereocenters. The molecule has 0 bridgehead atoms. The van der Waals surface area contributed by atoms with Gasteiger partial charge in [-0.1, -0.05) is 13.8 Å². The normalized spacial score (nSPS) is 26.9. The van der Waals surface area contributed by atoms with Gasteiger partial charge in [0.05, 0.1) is 0 Å². The third-order valence-corrected chi connectivity index (χ3v) is 4.00. The van der Waals surface area contributed by atoms with E-state index in [9.17, 15) is 4.79 Å². The minimum absolute atomic E-state index is 0.137. The molecule has 110 valence electrons. The molecule has 0 spiro atoms. The van der Waals surface area contributed by atoms with E-state index >= 15 is 0 Å². The summed E-state index contributed by atoms with van der Waals surface area (Å²) in [6.45, 7) is 12.2. The van der Waals surface area contributed by atoms with Crippen LogP contribution < -0.4 is 5.32 Å². The van der Waals surface area contributed by atoms with Crippen molar-refractivity contribution in [2.24, 2.45) is 5.41 Å². The number of hydrogen-bond acceptors (Lipinski definition) is 3. The maximum atomic E-state index is 12.5. The third-order valence-electron chi connectivity index (χ3n) is 4.00. The molecule has 0 aromatic rings. The van der Waals surface area contributed by atoms with Crippen molar-refractivity contribution in [1.82, 2.24) is 10.2 Å². The van der Waals surface area contributed by atoms with E-state index in [1.54, 1.807) is 0 Å². The predicted molar refractivity (Wildman–Crippen MR) is 76.2 cm³/mol. The van der Waals surface area contributed by atoms with Crippen molar-refractivity contribution in [2.75, 3.05) is 13.1 Å². The van der Waals surface area contributed by atoms with Crippen molar-refractivity contribution >= 4 is 6.09 Å². The van der Waals surface area contributed by atoms with Crippen LogP contribution in [0.4, 0.5) is 4.79 Å². The molecule has 2 aliphatic rings. The van der Waals surface area contributed by atoms with E-state index < -0.39 is 5.60 Å². The van der Waals surface area contributed by atoms with Gasteiger partial charge in [-0.15, -0.1) is 0 Å². The van der Waals surface area contributed by atoms with Gasteiger partial charge in [-0.25, -0.2) is 4.79 Å². The molecular formula is C15H28N2O2. The van der Waals surface area contributed by atoms with Crippen LogP contribution in [0.3, 0.4) is 0 Å². The largest absolute Gasteiger partial charge is 0.444 e. The molecule has 0 aromatic carbocycles. The van der Waals surface area contributed by atoms with Gasteiger partial charge in [-0.05, 0) is 52.0 Å². The summed E-state index contributed by atoms with van der Waals surface area (Å²) < 4.78 is 5.60. The lowest BCUT2D eigenvalue weighted by atomic mass is 9.67. The molecule has 1 aliphatic heterocycles. The Morgan fingerprint density at radius 2 is 1.89 bits per heavy atom. The monoisotopic (exact) mass is 268 g/mol. The smallest absolute Gasteiger partial charge is 0.410 e. The van der Waals surface area contributed by atoms with Gasteiger partial charge in [-0.3, -0.25) is 0 Å². The quantitative estimate of drug-likeness (QED) is 0.837. The highest BCUT2D eigenvalue weighted by atomic mass is 16.6. The molecule has 2 rings (SSSR count). The van der Waals surface area contributed by atoms with Crippen LogP contribution in [0.25, 0.3) is 0 Å². The van der Waals surface area contributed by atoms with Crippen LogP contribution >= 0.6 is 0 Å². The molecule has 1 amide bonds. The molecule has 1 N–H and O–H groups in total. The van der Waals surface area contributed by atoms with Crippen LogP contribution in [-0.2, 0) is 4.74 Å². The molecular weight excluding hydrogens is 240 g/mol. The van der Waals surface area contributed by atoms with Gasteiger partial charge in [0.25, 0.3) is 0 Å². The van der Waals surface area contributed by atoms with Crippen LogP contribution in [-0.4, -0.2) is 41.8 Å². The number of hydrogen-bond donors (Lipinski definition) is 1. The number of carbonyl (C=O) groups excluding carboxylic acids is 1. The van der Waals surface area contributed by atoms with Gasteiger partial charge in [0.15, 0.2) is 0 Å². The molecule has 1 saturated heterocycles. The van der Waals surface area contributed by atoms with Crippen molar-refractivity contribution in [3.05, 3.63) is 0 Å². The van der Waals surface area contributed by atoms with Crippen molar-refractivity contribution in [3.8, 4) is 0 Å². The summed E-state index contributed by atoms with van der Waals surface area (Å²) in [6.07, 6.45) is 3.07. The Morgan fingerprint density at radius 1 is 1.26 bits per heavy atom. The summed E-state index contributed by atoms with van der Waals surface area (Å²) in [5, 5.41) is 3.34. The van der Waals surface area contributed by atoms with E-state index in [-0.39, 0.29) is 6.09 Å². The number of carbonyl (C=O) groups is 1. The lowest BCUT2D eigenvalue weighted by molar-refractivity contribution is -0.0293. The van der Waals surface area contributed by atoms with Crippen LogP contribution in [0, 0.1) is 5.41 Å². The number of rotatable bonds is 2. The van der Waals surface area contributed by atoms with Gasteiger partial charge in [0.1, 0.15) is 5.60 Å². The zero-order chi connectivity index (χ0) is 14.3. The third kappa shape index (κ3) is 3.62. The second-order valence-corrected chi connectivity index (χ2v) is 7.76. The Hall–Kier alpha value is -0.770. The second-order valence-electron chi connectivity index (χ2n) is 7.76. The van der Waals surface area contributed by atoms with E-state index in [0.29, 0.717) is 17.5 Å². The number of amides is 1. The van der Waals surface area contributed by atoms with Crippen LogP contribution in [0.1, 0.15) is 53.9 Å². The predicted octanol–water partition coefficient (Wildman–Crippen LogP) is 2.77. The maximum Gasteiger partial charge on any atom is 0.410 e. The van der Waals surface area contributed by atoms with Gasteiger partial charge in [0.2, 0.25) is 0 Å². The van der Waals surface area contributed by atoms with Gasteiger partial charge in [0, 0.05) is 18.6 Å². The zero-order valence-corrected chi connectivity index (χ0v) is 13.0. The fourth-order valence-corrected chi connectivity index (χ4v) is 3.20. The number of ether oxygens (including phenoxy) is 1. The minimum atomic E-state index is -0.416. The first-order valence-corrected chi connectivity index (χ1v) is 7.40. The first kappa shape index (κ1) is 14.6. The second kappa shape index (κ2) is 4.97. The highest BCUT2D eigenvalue weighted by Gasteiger charge is 2.45. The summed E-state index contributed by atoms with van der Waals surface area (Å²) in [4.78, 5) is 14.5. The zero-order valence-electron chi connectivity index (χ0n) is 13.0. The van der Waals surface area contributed by atoms with E-state index in [0.717, 1.165) is 32.4 Å². The Balaban J connectivity index is 2.04. The molecule has 1 saturated carbocycles. The molecule has 2 fully saturated rings. The highest BCUT2D eigenvalue weighted by molar-refractivity contribution is 5.69. The maximum absolute atomic E-state index is 12.5. The lowest BCUT2D eigenvalue weighted by Gasteiger charge is -2.49. The van der Waals surface area contributed by atoms with Crippen LogP contribution in [0.2, 0.25) is 0 Å². The molecule has 19 heavy (non-hydrogen) atoms. The summed E-state index contributed by atoms with van der Waals surface area (Å²) in [5.41, 5.74) is -0.0441.